The number of hydrogen-bond acceptors (Lipinski definition) is 6. The number of benzene rings is 1. The van der Waals surface area contributed by atoms with Crippen LogP contribution in [-0.2, 0) is 20.8 Å². The van der Waals surface area contributed by atoms with E-state index in [1.807, 2.05) is 25.6 Å². The lowest BCUT2D eigenvalue weighted by Gasteiger charge is -2.32. The number of aryl methyl sites for hydroxylation is 1. The minimum Gasteiger partial charge on any atom is -0.368 e. The molecule has 3 amide bonds. The molecular formula is C24H36N4O3S2. The van der Waals surface area contributed by atoms with E-state index in [9.17, 15) is 14.4 Å². The van der Waals surface area contributed by atoms with Crippen LogP contribution >= 0.6 is 23.5 Å². The van der Waals surface area contributed by atoms with Crippen LogP contribution < -0.4 is 16.4 Å². The van der Waals surface area contributed by atoms with Crippen LogP contribution in [0.3, 0.4) is 0 Å². The second kappa shape index (κ2) is 11.1. The Balaban J connectivity index is 0.000000252. The molecule has 4 unspecified atom stereocenters. The molecule has 2 fully saturated rings. The lowest BCUT2D eigenvalue weighted by molar-refractivity contribution is -0.142. The molecule has 1 aromatic rings. The molecular weight excluding hydrogens is 456 g/mol. The van der Waals surface area contributed by atoms with Gasteiger partial charge >= 0.3 is 0 Å². The fraction of sp³-hybridized carbons (Fsp3) is 0.625. The van der Waals surface area contributed by atoms with Crippen molar-refractivity contribution in [2.75, 3.05) is 18.6 Å². The number of nitrogens with zero attached hydrogens (tertiary/aromatic N) is 1. The van der Waals surface area contributed by atoms with Crippen LogP contribution in [0.1, 0.15) is 45.6 Å². The van der Waals surface area contributed by atoms with Crippen LogP contribution in [0.15, 0.2) is 29.2 Å². The minimum absolute atomic E-state index is 0.0568. The molecule has 33 heavy (non-hydrogen) atoms. The Hall–Kier alpha value is -1.71. The minimum atomic E-state index is -0.633. The number of carbonyl (C=O) groups excluding carboxylic acids is 3. The molecule has 3 heterocycles. The van der Waals surface area contributed by atoms with E-state index in [2.05, 4.69) is 34.9 Å². The molecule has 0 aromatic heterocycles. The molecule has 0 bridgehead atoms. The third-order valence-corrected chi connectivity index (χ3v) is 8.98. The maximum atomic E-state index is 12.9. The quantitative estimate of drug-likeness (QED) is 0.596. The first kappa shape index (κ1) is 25.9. The SMILES string of the molecule is CNC(C)C(=O)NC1CCSC2CC(C)(C)C(C(N)=O)N2C1=O.c1ccc2c(c1)CCCS2. The molecule has 7 nitrogen and oxygen atoms in total. The summed E-state index contributed by atoms with van der Waals surface area (Å²) in [4.78, 5) is 40.1. The van der Waals surface area contributed by atoms with Crippen molar-refractivity contribution in [2.24, 2.45) is 11.1 Å². The van der Waals surface area contributed by atoms with Crippen molar-refractivity contribution in [2.45, 2.75) is 74.8 Å². The summed E-state index contributed by atoms with van der Waals surface area (Å²) in [6.07, 6.45) is 3.92. The third-order valence-electron chi connectivity index (χ3n) is 6.53. The number of amides is 3. The highest BCUT2D eigenvalue weighted by molar-refractivity contribution is 8.00. The van der Waals surface area contributed by atoms with Crippen molar-refractivity contribution in [1.82, 2.24) is 15.5 Å². The van der Waals surface area contributed by atoms with Gasteiger partial charge in [-0.2, -0.15) is 0 Å². The summed E-state index contributed by atoms with van der Waals surface area (Å²) in [5.41, 5.74) is 6.75. The molecule has 3 aliphatic heterocycles. The summed E-state index contributed by atoms with van der Waals surface area (Å²) in [7, 11) is 1.69. The predicted molar refractivity (Wildman–Crippen MR) is 135 cm³/mol. The second-order valence-corrected chi connectivity index (χ2v) is 11.9. The van der Waals surface area contributed by atoms with Gasteiger partial charge in [-0.3, -0.25) is 14.4 Å². The van der Waals surface area contributed by atoms with Gasteiger partial charge in [0.05, 0.1) is 11.4 Å². The molecule has 0 saturated carbocycles. The van der Waals surface area contributed by atoms with Gasteiger partial charge in [-0.1, -0.05) is 32.0 Å². The summed E-state index contributed by atoms with van der Waals surface area (Å²) in [6.45, 7) is 5.66. The number of fused-ring (bicyclic) bond motifs is 2. The Morgan fingerprint density at radius 2 is 1.97 bits per heavy atom. The average molecular weight is 493 g/mol. The zero-order valence-electron chi connectivity index (χ0n) is 19.9. The summed E-state index contributed by atoms with van der Waals surface area (Å²) in [5, 5.41) is 5.60. The monoisotopic (exact) mass is 492 g/mol. The molecule has 4 atom stereocenters. The molecule has 0 spiro atoms. The topological polar surface area (TPSA) is 105 Å². The van der Waals surface area contributed by atoms with E-state index in [4.69, 9.17) is 5.73 Å². The van der Waals surface area contributed by atoms with Gasteiger partial charge in [-0.25, -0.2) is 0 Å². The van der Waals surface area contributed by atoms with Crippen molar-refractivity contribution in [3.63, 3.8) is 0 Å². The first-order valence-electron chi connectivity index (χ1n) is 11.6. The van der Waals surface area contributed by atoms with Gasteiger partial charge in [0.2, 0.25) is 17.7 Å². The van der Waals surface area contributed by atoms with Crippen molar-refractivity contribution in [3.05, 3.63) is 29.8 Å². The number of carbonyl (C=O) groups is 3. The Kier molecular flexibility index (Phi) is 8.75. The number of thioether (sulfide) groups is 2. The lowest BCUT2D eigenvalue weighted by Crippen LogP contribution is -2.57. The van der Waals surface area contributed by atoms with Crippen molar-refractivity contribution < 1.29 is 14.4 Å². The predicted octanol–water partition coefficient (Wildman–Crippen LogP) is 2.38. The number of hydrogen-bond donors (Lipinski definition) is 3. The van der Waals surface area contributed by atoms with E-state index >= 15 is 0 Å². The van der Waals surface area contributed by atoms with Crippen LogP contribution in [0.2, 0.25) is 0 Å². The first-order valence-corrected chi connectivity index (χ1v) is 13.6. The Morgan fingerprint density at radius 1 is 1.24 bits per heavy atom. The Bertz CT molecular complexity index is 854. The van der Waals surface area contributed by atoms with Crippen LogP contribution in [0.4, 0.5) is 0 Å². The summed E-state index contributed by atoms with van der Waals surface area (Å²) in [5.74, 6) is 1.15. The standard InChI is InChI=1S/C15H26N4O3S.C9H10S/c1-8(17-4)13(21)18-9-5-6-23-10-7-15(2,3)11(12(16)20)19(10)14(9)22;1-2-6-9-8(4-1)5-3-7-10-9/h8-11,17H,5-7H2,1-4H3,(H2,16,20)(H,18,21);1-2,4,6H,3,5,7H2. The zero-order chi connectivity index (χ0) is 24.2. The smallest absolute Gasteiger partial charge is 0.246 e. The summed E-state index contributed by atoms with van der Waals surface area (Å²) >= 11 is 3.65. The first-order chi connectivity index (χ1) is 15.7. The fourth-order valence-corrected chi connectivity index (χ4v) is 7.23. The van der Waals surface area contributed by atoms with Crippen LogP contribution in [0.5, 0.6) is 0 Å². The summed E-state index contributed by atoms with van der Waals surface area (Å²) in [6, 6.07) is 7.09. The highest BCUT2D eigenvalue weighted by Crippen LogP contribution is 2.46. The molecule has 4 rings (SSSR count). The molecule has 0 radical (unpaired) electrons. The van der Waals surface area contributed by atoms with Gasteiger partial charge < -0.3 is 21.3 Å². The second-order valence-electron chi connectivity index (χ2n) is 9.49. The lowest BCUT2D eigenvalue weighted by atomic mass is 9.84. The van der Waals surface area contributed by atoms with Gasteiger partial charge in [-0.05, 0) is 68.2 Å². The maximum Gasteiger partial charge on any atom is 0.246 e. The van der Waals surface area contributed by atoms with Crippen LogP contribution in [-0.4, -0.2) is 64.7 Å². The largest absolute Gasteiger partial charge is 0.368 e. The van der Waals surface area contributed by atoms with Gasteiger partial charge in [-0.15, -0.1) is 23.5 Å². The van der Waals surface area contributed by atoms with Crippen molar-refractivity contribution >= 4 is 41.2 Å². The average Bonchev–Trinajstić information content (AvgIpc) is 2.99. The number of primary amides is 1. The molecule has 182 valence electrons. The highest BCUT2D eigenvalue weighted by atomic mass is 32.2. The van der Waals surface area contributed by atoms with E-state index in [-0.39, 0.29) is 28.6 Å². The number of likely N-dealkylation sites (N-methyl/N-ethyl adjacent to an activating group) is 1. The van der Waals surface area contributed by atoms with Crippen molar-refractivity contribution in [3.8, 4) is 0 Å². The van der Waals surface area contributed by atoms with Gasteiger partial charge in [0, 0.05) is 4.90 Å². The van der Waals surface area contributed by atoms with E-state index < -0.39 is 18.0 Å². The van der Waals surface area contributed by atoms with Gasteiger partial charge in [0.15, 0.2) is 0 Å². The van der Waals surface area contributed by atoms with Crippen molar-refractivity contribution in [1.29, 1.82) is 0 Å². The Morgan fingerprint density at radius 3 is 2.64 bits per heavy atom. The van der Waals surface area contributed by atoms with E-state index in [0.717, 1.165) is 12.2 Å². The number of nitrogens with two attached hydrogens (primary N) is 1. The maximum absolute atomic E-state index is 12.9. The van der Waals surface area contributed by atoms with E-state index in [1.54, 1.807) is 36.2 Å². The van der Waals surface area contributed by atoms with E-state index in [1.165, 1.54) is 23.5 Å². The fourth-order valence-electron chi connectivity index (χ4n) is 4.62. The molecule has 9 heteroatoms. The third kappa shape index (κ3) is 6.05. The molecule has 4 N–H and O–H groups in total. The molecule has 1 aromatic carbocycles. The number of rotatable bonds is 4. The highest BCUT2D eigenvalue weighted by Gasteiger charge is 2.53. The van der Waals surface area contributed by atoms with Crippen LogP contribution in [0, 0.1) is 5.41 Å². The summed E-state index contributed by atoms with van der Waals surface area (Å²) < 4.78 is 0. The zero-order valence-corrected chi connectivity index (χ0v) is 21.6. The molecule has 3 aliphatic rings. The Labute approximate surface area is 205 Å². The molecule has 0 aliphatic carbocycles. The van der Waals surface area contributed by atoms with Crippen LogP contribution in [0.25, 0.3) is 0 Å². The molecule has 2 saturated heterocycles. The number of nitrogens with one attached hydrogen (secondary N) is 2. The van der Waals surface area contributed by atoms with Gasteiger partial charge in [0.1, 0.15) is 12.1 Å². The normalized spacial score (nSPS) is 26.7. The van der Waals surface area contributed by atoms with E-state index in [0.29, 0.717) is 6.42 Å². The van der Waals surface area contributed by atoms with Gasteiger partial charge in [0.25, 0.3) is 0 Å².